The van der Waals surface area contributed by atoms with Crippen molar-refractivity contribution < 1.29 is 9.18 Å². The fourth-order valence-corrected chi connectivity index (χ4v) is 4.81. The monoisotopic (exact) mass is 410 g/mol. The molecule has 2 aliphatic carbocycles. The van der Waals surface area contributed by atoms with Crippen LogP contribution in [0, 0.1) is 11.2 Å². The number of H-pyrrole nitrogens is 1. The van der Waals surface area contributed by atoms with Gasteiger partial charge >= 0.3 is 0 Å². The summed E-state index contributed by atoms with van der Waals surface area (Å²) >= 11 is 0. The van der Waals surface area contributed by atoms with Crippen LogP contribution < -0.4 is 10.5 Å². The molecule has 1 aromatic heterocycles. The second kappa shape index (κ2) is 7.52. The van der Waals surface area contributed by atoms with Crippen LogP contribution in [0.1, 0.15) is 42.8 Å². The van der Waals surface area contributed by atoms with Gasteiger partial charge in [-0.3, -0.25) is 9.59 Å². The van der Waals surface area contributed by atoms with Crippen LogP contribution in [-0.4, -0.2) is 47.0 Å². The predicted molar refractivity (Wildman–Crippen MR) is 112 cm³/mol. The van der Waals surface area contributed by atoms with Crippen molar-refractivity contribution in [3.63, 3.8) is 0 Å². The molecular weight excluding hydrogens is 383 g/mol. The Kier molecular flexibility index (Phi) is 4.83. The van der Waals surface area contributed by atoms with Crippen molar-refractivity contribution in [1.29, 1.82) is 0 Å². The van der Waals surface area contributed by atoms with Gasteiger partial charge in [-0.05, 0) is 68.2 Å². The summed E-state index contributed by atoms with van der Waals surface area (Å²) in [7, 11) is 0. The van der Waals surface area contributed by atoms with Gasteiger partial charge in [0, 0.05) is 37.3 Å². The van der Waals surface area contributed by atoms with Crippen LogP contribution in [0.15, 0.2) is 29.1 Å². The third-order valence-electron chi connectivity index (χ3n) is 6.90. The number of amides is 1. The number of benzene rings is 1. The van der Waals surface area contributed by atoms with Crippen molar-refractivity contribution in [3.8, 4) is 0 Å². The molecule has 30 heavy (non-hydrogen) atoms. The maximum Gasteiger partial charge on any atom is 0.254 e. The Hall–Kier alpha value is -2.70. The molecule has 0 bridgehead atoms. The summed E-state index contributed by atoms with van der Waals surface area (Å²) in [5.41, 5.74) is 3.18. The average molecular weight is 410 g/mol. The van der Waals surface area contributed by atoms with Crippen molar-refractivity contribution in [2.75, 3.05) is 31.1 Å². The Morgan fingerprint density at radius 2 is 1.90 bits per heavy atom. The molecule has 1 aliphatic heterocycles. The van der Waals surface area contributed by atoms with E-state index in [0.29, 0.717) is 31.5 Å². The lowest BCUT2D eigenvalue weighted by Crippen LogP contribution is -2.50. The smallest absolute Gasteiger partial charge is 0.254 e. The lowest BCUT2D eigenvalue weighted by molar-refractivity contribution is -0.131. The summed E-state index contributed by atoms with van der Waals surface area (Å²) in [6, 6.07) is 6.26. The SMILES string of the molecule is O=C1CN(c2ccc(F)cc2)CCN1CCCc1nc2c(c(=O)[nH]1)CC1(CC2)CC1. The third kappa shape index (κ3) is 3.85. The van der Waals surface area contributed by atoms with Gasteiger partial charge in [-0.1, -0.05) is 0 Å². The largest absolute Gasteiger partial charge is 0.360 e. The highest BCUT2D eigenvalue weighted by atomic mass is 19.1. The number of anilines is 1. The quantitative estimate of drug-likeness (QED) is 0.822. The number of carbonyl (C=O) groups is 1. The summed E-state index contributed by atoms with van der Waals surface area (Å²) in [4.78, 5) is 36.6. The number of nitrogens with one attached hydrogen (secondary N) is 1. The minimum absolute atomic E-state index is 0.0324. The summed E-state index contributed by atoms with van der Waals surface area (Å²) in [5.74, 6) is 0.541. The molecule has 6 nitrogen and oxygen atoms in total. The summed E-state index contributed by atoms with van der Waals surface area (Å²) in [6.45, 7) is 2.33. The minimum Gasteiger partial charge on any atom is -0.360 e. The number of aromatic nitrogens is 2. The molecule has 2 fully saturated rings. The predicted octanol–water partition coefficient (Wildman–Crippen LogP) is 2.46. The number of carbonyl (C=O) groups excluding carboxylic acids is 1. The zero-order valence-corrected chi connectivity index (χ0v) is 17.1. The summed E-state index contributed by atoms with van der Waals surface area (Å²) < 4.78 is 13.1. The molecule has 5 rings (SSSR count). The van der Waals surface area contributed by atoms with E-state index < -0.39 is 0 Å². The Morgan fingerprint density at radius 3 is 2.63 bits per heavy atom. The first-order valence-corrected chi connectivity index (χ1v) is 10.9. The number of nitrogens with zero attached hydrogens (tertiary/aromatic N) is 3. The Morgan fingerprint density at radius 1 is 1.10 bits per heavy atom. The average Bonchev–Trinajstić information content (AvgIpc) is 3.49. The molecular formula is C23H27FN4O2. The maximum absolute atomic E-state index is 13.1. The molecule has 158 valence electrons. The number of aryl methyl sites for hydroxylation is 2. The van der Waals surface area contributed by atoms with Gasteiger partial charge in [-0.2, -0.15) is 0 Å². The number of fused-ring (bicyclic) bond motifs is 1. The number of rotatable bonds is 5. The van der Waals surface area contributed by atoms with Crippen LogP contribution in [-0.2, 0) is 24.1 Å². The van der Waals surface area contributed by atoms with Crippen molar-refractivity contribution in [3.05, 3.63) is 57.5 Å². The van der Waals surface area contributed by atoms with E-state index in [4.69, 9.17) is 4.98 Å². The van der Waals surface area contributed by atoms with Crippen LogP contribution in [0.3, 0.4) is 0 Å². The van der Waals surface area contributed by atoms with E-state index in [-0.39, 0.29) is 17.3 Å². The minimum atomic E-state index is -0.274. The van der Waals surface area contributed by atoms with Crippen LogP contribution in [0.25, 0.3) is 0 Å². The Bertz CT molecular complexity index is 1010. The third-order valence-corrected chi connectivity index (χ3v) is 6.90. The van der Waals surface area contributed by atoms with Gasteiger partial charge in [-0.15, -0.1) is 0 Å². The molecule has 0 atom stereocenters. The highest BCUT2D eigenvalue weighted by Crippen LogP contribution is 2.53. The Balaban J connectivity index is 1.15. The molecule has 3 aliphatic rings. The van der Waals surface area contributed by atoms with E-state index in [1.807, 2.05) is 9.80 Å². The van der Waals surface area contributed by atoms with E-state index >= 15 is 0 Å². The lowest BCUT2D eigenvalue weighted by atomic mass is 9.84. The van der Waals surface area contributed by atoms with E-state index in [0.717, 1.165) is 55.0 Å². The first-order chi connectivity index (χ1) is 14.5. The number of hydrogen-bond donors (Lipinski definition) is 1. The highest BCUT2D eigenvalue weighted by molar-refractivity contribution is 5.82. The van der Waals surface area contributed by atoms with Gasteiger partial charge < -0.3 is 14.8 Å². The molecule has 1 spiro atoms. The van der Waals surface area contributed by atoms with Gasteiger partial charge in [-0.25, -0.2) is 9.37 Å². The fourth-order valence-electron chi connectivity index (χ4n) is 4.81. The molecule has 0 radical (unpaired) electrons. The van der Waals surface area contributed by atoms with Gasteiger partial charge in [0.1, 0.15) is 11.6 Å². The number of hydrogen-bond acceptors (Lipinski definition) is 4. The standard InChI is InChI=1S/C23H27FN4O2/c24-16-3-5-17(6-4-16)28-13-12-27(21(29)15-28)11-1-2-20-25-19-7-8-23(9-10-23)14-18(19)22(30)26-20/h3-6H,1-2,7-15H2,(H,25,26,30). The molecule has 1 saturated carbocycles. The van der Waals surface area contributed by atoms with E-state index in [2.05, 4.69) is 4.98 Å². The first kappa shape index (κ1) is 19.3. The van der Waals surface area contributed by atoms with E-state index in [1.54, 1.807) is 12.1 Å². The van der Waals surface area contributed by atoms with Crippen LogP contribution in [0.4, 0.5) is 10.1 Å². The first-order valence-electron chi connectivity index (χ1n) is 10.9. The van der Waals surface area contributed by atoms with Crippen molar-refractivity contribution in [2.45, 2.75) is 44.9 Å². The van der Waals surface area contributed by atoms with Gasteiger partial charge in [0.2, 0.25) is 5.91 Å². The zero-order chi connectivity index (χ0) is 20.7. The maximum atomic E-state index is 13.1. The number of aromatic amines is 1. The Labute approximate surface area is 175 Å². The molecule has 7 heteroatoms. The summed E-state index contributed by atoms with van der Waals surface area (Å²) in [6.07, 6.45) is 6.88. The molecule has 2 aromatic rings. The molecule has 1 amide bonds. The number of piperazine rings is 1. The zero-order valence-electron chi connectivity index (χ0n) is 17.1. The number of halogens is 1. The molecule has 1 N–H and O–H groups in total. The van der Waals surface area contributed by atoms with Crippen molar-refractivity contribution in [2.24, 2.45) is 5.41 Å². The topological polar surface area (TPSA) is 69.3 Å². The molecule has 0 unspecified atom stereocenters. The fraction of sp³-hybridized carbons (Fsp3) is 0.522. The highest BCUT2D eigenvalue weighted by Gasteiger charge is 2.45. The van der Waals surface area contributed by atoms with Crippen LogP contribution >= 0.6 is 0 Å². The van der Waals surface area contributed by atoms with Crippen LogP contribution in [0.5, 0.6) is 0 Å². The van der Waals surface area contributed by atoms with Crippen molar-refractivity contribution >= 4 is 11.6 Å². The molecule has 1 saturated heterocycles. The second-order valence-electron chi connectivity index (χ2n) is 9.00. The van der Waals surface area contributed by atoms with E-state index in [9.17, 15) is 14.0 Å². The van der Waals surface area contributed by atoms with Crippen LogP contribution in [0.2, 0.25) is 0 Å². The van der Waals surface area contributed by atoms with Gasteiger partial charge in [0.15, 0.2) is 0 Å². The lowest BCUT2D eigenvalue weighted by Gasteiger charge is -2.35. The van der Waals surface area contributed by atoms with Crippen molar-refractivity contribution in [1.82, 2.24) is 14.9 Å². The summed E-state index contributed by atoms with van der Waals surface area (Å²) in [5, 5.41) is 0. The van der Waals surface area contributed by atoms with Gasteiger partial charge in [0.25, 0.3) is 5.56 Å². The van der Waals surface area contributed by atoms with Gasteiger partial charge in [0.05, 0.1) is 12.2 Å². The van der Waals surface area contributed by atoms with E-state index in [1.165, 1.54) is 25.0 Å². The molecule has 2 heterocycles. The second-order valence-corrected chi connectivity index (χ2v) is 9.00. The molecule has 1 aromatic carbocycles. The normalized spacial score (nSPS) is 19.8.